The van der Waals surface area contributed by atoms with Gasteiger partial charge in [0.2, 0.25) is 5.91 Å². The first-order valence-corrected chi connectivity index (χ1v) is 7.29. The van der Waals surface area contributed by atoms with Gasteiger partial charge >= 0.3 is 0 Å². The highest BCUT2D eigenvalue weighted by Crippen LogP contribution is 2.26. The molecule has 1 heterocycles. The summed E-state index contributed by atoms with van der Waals surface area (Å²) in [5.41, 5.74) is 2.46. The van der Waals surface area contributed by atoms with Gasteiger partial charge in [-0.05, 0) is 36.4 Å². The molecular weight excluding hydrogens is 282 g/mol. The molecule has 1 atom stereocenters. The lowest BCUT2D eigenvalue weighted by Crippen LogP contribution is -2.24. The summed E-state index contributed by atoms with van der Waals surface area (Å²) < 4.78 is 0. The zero-order valence-electron chi connectivity index (χ0n) is 11.4. The van der Waals surface area contributed by atoms with Crippen molar-refractivity contribution in [2.24, 2.45) is 10.2 Å². The molecule has 4 nitrogen and oxygen atoms in total. The Kier molecular flexibility index (Phi) is 4.01. The molecule has 0 bridgehead atoms. The fraction of sp³-hybridized carbons (Fsp3) is 0.188. The van der Waals surface area contributed by atoms with Gasteiger partial charge in [0.15, 0.2) is 0 Å². The molecule has 1 aliphatic rings. The molecule has 1 aliphatic heterocycles. The number of carbonyl (C=O) groups excluding carboxylic acids is 1. The monoisotopic (exact) mass is 297 g/mol. The summed E-state index contributed by atoms with van der Waals surface area (Å²) >= 11 is 4.36. The maximum Gasteiger partial charge on any atom is 0.228 e. The highest BCUT2D eigenvalue weighted by molar-refractivity contribution is 7.81. The highest BCUT2D eigenvalue weighted by atomic mass is 32.1. The van der Waals surface area contributed by atoms with Gasteiger partial charge in [-0.1, -0.05) is 18.2 Å². The maximum absolute atomic E-state index is 11.8. The summed E-state index contributed by atoms with van der Waals surface area (Å²) in [4.78, 5) is 13.6. The molecule has 0 aromatic heterocycles. The van der Waals surface area contributed by atoms with Gasteiger partial charge in [0.05, 0.1) is 11.4 Å². The molecule has 1 fully saturated rings. The van der Waals surface area contributed by atoms with E-state index in [0.717, 1.165) is 17.1 Å². The molecular formula is C16H15N3OS. The standard InChI is InChI=1S/C16H15N3OS/c20-16-10-15(21)11-19(16)14-8-6-13(7-9-14)18-17-12-4-2-1-3-5-12/h1-9,15,21H,10-11H2. The van der Waals surface area contributed by atoms with Gasteiger partial charge < -0.3 is 4.90 Å². The van der Waals surface area contributed by atoms with Crippen molar-refractivity contribution in [3.8, 4) is 0 Å². The van der Waals surface area contributed by atoms with E-state index in [0.29, 0.717) is 13.0 Å². The molecule has 0 aliphatic carbocycles. The number of hydrogen-bond donors (Lipinski definition) is 1. The Morgan fingerprint density at radius 1 is 0.952 bits per heavy atom. The van der Waals surface area contributed by atoms with E-state index in [1.165, 1.54) is 0 Å². The molecule has 1 unspecified atom stereocenters. The lowest BCUT2D eigenvalue weighted by molar-refractivity contribution is -0.117. The number of nitrogens with zero attached hydrogens (tertiary/aromatic N) is 3. The van der Waals surface area contributed by atoms with E-state index in [-0.39, 0.29) is 11.2 Å². The minimum Gasteiger partial charge on any atom is -0.311 e. The normalized spacial score (nSPS) is 18.6. The van der Waals surface area contributed by atoms with Crippen molar-refractivity contribution in [1.82, 2.24) is 0 Å². The molecule has 5 heteroatoms. The molecule has 1 saturated heterocycles. The van der Waals surface area contributed by atoms with Crippen molar-refractivity contribution >= 4 is 35.6 Å². The first kappa shape index (κ1) is 13.8. The van der Waals surface area contributed by atoms with Crippen LogP contribution in [0.1, 0.15) is 6.42 Å². The largest absolute Gasteiger partial charge is 0.311 e. The van der Waals surface area contributed by atoms with Crippen LogP contribution < -0.4 is 4.90 Å². The van der Waals surface area contributed by atoms with Crippen LogP contribution in [0.3, 0.4) is 0 Å². The van der Waals surface area contributed by atoms with Crippen LogP contribution >= 0.6 is 12.6 Å². The summed E-state index contributed by atoms with van der Waals surface area (Å²) in [6.45, 7) is 0.660. The summed E-state index contributed by atoms with van der Waals surface area (Å²) in [6.07, 6.45) is 0.499. The number of carbonyl (C=O) groups is 1. The Hall–Kier alpha value is -2.14. The molecule has 21 heavy (non-hydrogen) atoms. The third-order valence-electron chi connectivity index (χ3n) is 3.30. The average molecular weight is 297 g/mol. The Balaban J connectivity index is 1.73. The van der Waals surface area contributed by atoms with Crippen molar-refractivity contribution in [1.29, 1.82) is 0 Å². The smallest absolute Gasteiger partial charge is 0.228 e. The van der Waals surface area contributed by atoms with Gasteiger partial charge in [0.1, 0.15) is 0 Å². The topological polar surface area (TPSA) is 45.0 Å². The van der Waals surface area contributed by atoms with Gasteiger partial charge in [0.25, 0.3) is 0 Å². The van der Waals surface area contributed by atoms with Gasteiger partial charge in [-0.2, -0.15) is 22.9 Å². The first-order valence-electron chi connectivity index (χ1n) is 6.78. The summed E-state index contributed by atoms with van der Waals surface area (Å²) in [5, 5.41) is 8.47. The minimum absolute atomic E-state index is 0.119. The quantitative estimate of drug-likeness (QED) is 0.671. The Labute approximate surface area is 128 Å². The van der Waals surface area contributed by atoms with Crippen LogP contribution in [0.25, 0.3) is 0 Å². The number of amides is 1. The van der Waals surface area contributed by atoms with E-state index in [4.69, 9.17) is 0 Å². The van der Waals surface area contributed by atoms with Gasteiger partial charge in [-0.3, -0.25) is 4.79 Å². The SMILES string of the molecule is O=C1CC(S)CN1c1ccc(N=Nc2ccccc2)cc1. The Bertz CT molecular complexity index is 655. The fourth-order valence-electron chi connectivity index (χ4n) is 2.25. The van der Waals surface area contributed by atoms with Crippen molar-refractivity contribution in [2.75, 3.05) is 11.4 Å². The molecule has 0 spiro atoms. The number of thiol groups is 1. The van der Waals surface area contributed by atoms with Crippen LogP contribution in [0.2, 0.25) is 0 Å². The molecule has 2 aromatic carbocycles. The summed E-state index contributed by atoms with van der Waals surface area (Å²) in [7, 11) is 0. The van der Waals surface area contributed by atoms with E-state index < -0.39 is 0 Å². The second kappa shape index (κ2) is 6.10. The third kappa shape index (κ3) is 3.31. The Morgan fingerprint density at radius 3 is 2.14 bits per heavy atom. The van der Waals surface area contributed by atoms with Crippen LogP contribution in [-0.2, 0) is 4.79 Å². The zero-order chi connectivity index (χ0) is 14.7. The molecule has 1 amide bonds. The predicted octanol–water partition coefficient (Wildman–Crippen LogP) is 4.14. The second-order valence-corrected chi connectivity index (χ2v) is 5.64. The first-order chi connectivity index (χ1) is 10.2. The minimum atomic E-state index is 0.119. The average Bonchev–Trinajstić information content (AvgIpc) is 2.85. The van der Waals surface area contributed by atoms with Crippen LogP contribution in [0.15, 0.2) is 64.8 Å². The summed E-state index contributed by atoms with van der Waals surface area (Å²) in [5.74, 6) is 0.119. The summed E-state index contributed by atoms with van der Waals surface area (Å²) in [6, 6.07) is 17.1. The molecule has 0 radical (unpaired) electrons. The highest BCUT2D eigenvalue weighted by Gasteiger charge is 2.27. The second-order valence-electron chi connectivity index (χ2n) is 4.91. The number of benzene rings is 2. The molecule has 106 valence electrons. The number of rotatable bonds is 3. The number of hydrogen-bond acceptors (Lipinski definition) is 4. The fourth-order valence-corrected chi connectivity index (χ4v) is 2.57. The number of anilines is 1. The van der Waals surface area contributed by atoms with Crippen molar-refractivity contribution in [2.45, 2.75) is 11.7 Å². The van der Waals surface area contributed by atoms with Crippen LogP contribution in [0, 0.1) is 0 Å². The van der Waals surface area contributed by atoms with Gasteiger partial charge in [-0.15, -0.1) is 0 Å². The van der Waals surface area contributed by atoms with E-state index in [1.54, 1.807) is 4.90 Å². The van der Waals surface area contributed by atoms with Crippen LogP contribution in [-0.4, -0.2) is 17.7 Å². The van der Waals surface area contributed by atoms with E-state index in [2.05, 4.69) is 22.9 Å². The van der Waals surface area contributed by atoms with Gasteiger partial charge in [0, 0.05) is 23.9 Å². The van der Waals surface area contributed by atoms with E-state index in [9.17, 15) is 4.79 Å². The third-order valence-corrected chi connectivity index (χ3v) is 3.65. The zero-order valence-corrected chi connectivity index (χ0v) is 12.3. The Morgan fingerprint density at radius 2 is 1.57 bits per heavy atom. The molecule has 0 saturated carbocycles. The predicted molar refractivity (Wildman–Crippen MR) is 86.8 cm³/mol. The van der Waals surface area contributed by atoms with Gasteiger partial charge in [-0.25, -0.2) is 0 Å². The lowest BCUT2D eigenvalue weighted by atomic mass is 10.2. The molecule has 3 rings (SSSR count). The van der Waals surface area contributed by atoms with Crippen molar-refractivity contribution in [3.05, 3.63) is 54.6 Å². The molecule has 2 aromatic rings. The molecule has 0 N–H and O–H groups in total. The van der Waals surface area contributed by atoms with E-state index >= 15 is 0 Å². The van der Waals surface area contributed by atoms with E-state index in [1.807, 2.05) is 54.6 Å². The van der Waals surface area contributed by atoms with Crippen LogP contribution in [0.5, 0.6) is 0 Å². The number of azo groups is 1. The van der Waals surface area contributed by atoms with Crippen LogP contribution in [0.4, 0.5) is 17.1 Å². The van der Waals surface area contributed by atoms with Crippen molar-refractivity contribution in [3.63, 3.8) is 0 Å². The maximum atomic E-state index is 11.8. The van der Waals surface area contributed by atoms with Crippen molar-refractivity contribution < 1.29 is 4.79 Å². The lowest BCUT2D eigenvalue weighted by Gasteiger charge is -2.15.